The zero-order chi connectivity index (χ0) is 16.0. The molecule has 8 nitrogen and oxygen atoms in total. The molecule has 0 aliphatic heterocycles. The number of nitrogens with one attached hydrogen (secondary N) is 2. The number of rotatable bonds is 6. The highest BCUT2D eigenvalue weighted by atomic mass is 16.4. The van der Waals surface area contributed by atoms with Crippen molar-refractivity contribution < 1.29 is 19.5 Å². The Kier molecular flexibility index (Phi) is 5.77. The van der Waals surface area contributed by atoms with Gasteiger partial charge in [-0.15, -0.1) is 0 Å². The van der Waals surface area contributed by atoms with Gasteiger partial charge in [0.25, 0.3) is 5.91 Å². The third-order valence-electron chi connectivity index (χ3n) is 2.85. The Labute approximate surface area is 122 Å². The number of aromatic carboxylic acids is 1. The first-order valence-corrected chi connectivity index (χ1v) is 6.51. The molecule has 1 heterocycles. The fraction of sp³-hybridized carbons (Fsp3) is 0.462. The molecule has 0 radical (unpaired) electrons. The predicted molar refractivity (Wildman–Crippen MR) is 73.8 cm³/mol. The molecule has 8 heteroatoms. The number of carboxylic acid groups (broad SMARTS) is 1. The van der Waals surface area contributed by atoms with Crippen LogP contribution in [0, 0.1) is 0 Å². The quantitative estimate of drug-likeness (QED) is 0.689. The maximum absolute atomic E-state index is 11.9. The first-order chi connectivity index (χ1) is 9.85. The van der Waals surface area contributed by atoms with Gasteiger partial charge >= 0.3 is 5.97 Å². The third-order valence-corrected chi connectivity index (χ3v) is 2.85. The van der Waals surface area contributed by atoms with Crippen LogP contribution < -0.4 is 10.6 Å². The van der Waals surface area contributed by atoms with E-state index in [-0.39, 0.29) is 23.3 Å². The van der Waals surface area contributed by atoms with Crippen molar-refractivity contribution in [1.29, 1.82) is 0 Å². The minimum absolute atomic E-state index is 0.0199. The molecule has 0 aliphatic rings. The molecule has 2 atom stereocenters. The maximum Gasteiger partial charge on any atom is 0.356 e. The van der Waals surface area contributed by atoms with Crippen molar-refractivity contribution in [2.45, 2.75) is 39.3 Å². The van der Waals surface area contributed by atoms with Crippen LogP contribution in [0.5, 0.6) is 0 Å². The molecule has 0 aromatic carbocycles. The predicted octanol–water partition coefficient (Wildman–Crippen LogP) is 0.208. The summed E-state index contributed by atoms with van der Waals surface area (Å²) in [4.78, 5) is 41.6. The van der Waals surface area contributed by atoms with E-state index >= 15 is 0 Å². The average molecular weight is 294 g/mol. The number of carboxylic acids is 1. The van der Waals surface area contributed by atoms with Gasteiger partial charge in [-0.3, -0.25) is 9.59 Å². The number of aromatic nitrogens is 2. The van der Waals surface area contributed by atoms with Gasteiger partial charge in [0, 0.05) is 6.04 Å². The summed E-state index contributed by atoms with van der Waals surface area (Å²) in [6.07, 6.45) is 2.83. The third kappa shape index (κ3) is 4.83. The van der Waals surface area contributed by atoms with Crippen LogP contribution >= 0.6 is 0 Å². The van der Waals surface area contributed by atoms with E-state index in [9.17, 15) is 14.4 Å². The van der Waals surface area contributed by atoms with Gasteiger partial charge in [-0.1, -0.05) is 6.92 Å². The van der Waals surface area contributed by atoms with E-state index in [1.165, 1.54) is 0 Å². The molecular formula is C13H18N4O4. The van der Waals surface area contributed by atoms with Gasteiger partial charge < -0.3 is 15.7 Å². The van der Waals surface area contributed by atoms with Crippen LogP contribution in [0.2, 0.25) is 0 Å². The Balaban J connectivity index is 2.63. The Bertz CT molecular complexity index is 529. The zero-order valence-electron chi connectivity index (χ0n) is 12.1. The molecule has 0 saturated heterocycles. The Hall–Kier alpha value is -2.51. The van der Waals surface area contributed by atoms with Crippen LogP contribution in [0.3, 0.4) is 0 Å². The highest BCUT2D eigenvalue weighted by molar-refractivity contribution is 5.96. The summed E-state index contributed by atoms with van der Waals surface area (Å²) >= 11 is 0. The van der Waals surface area contributed by atoms with Crippen LogP contribution in [0.25, 0.3) is 0 Å². The Morgan fingerprint density at radius 1 is 1.14 bits per heavy atom. The van der Waals surface area contributed by atoms with Crippen molar-refractivity contribution in [2.75, 3.05) is 0 Å². The molecule has 114 valence electrons. The number of amides is 2. The molecule has 0 saturated carbocycles. The second-order valence-corrected chi connectivity index (χ2v) is 4.61. The lowest BCUT2D eigenvalue weighted by Crippen LogP contribution is -2.47. The first-order valence-electron chi connectivity index (χ1n) is 6.51. The molecule has 2 amide bonds. The molecule has 2 unspecified atom stereocenters. The molecule has 0 bridgehead atoms. The second-order valence-electron chi connectivity index (χ2n) is 4.61. The van der Waals surface area contributed by atoms with Gasteiger partial charge in [0.1, 0.15) is 11.7 Å². The summed E-state index contributed by atoms with van der Waals surface area (Å²) in [6, 6.07) is -0.709. The summed E-state index contributed by atoms with van der Waals surface area (Å²) < 4.78 is 0. The number of hydrogen-bond donors (Lipinski definition) is 3. The van der Waals surface area contributed by atoms with E-state index < -0.39 is 17.9 Å². The van der Waals surface area contributed by atoms with Crippen LogP contribution in [-0.2, 0) is 4.79 Å². The molecule has 1 rings (SSSR count). The molecule has 21 heavy (non-hydrogen) atoms. The number of nitrogens with zero attached hydrogens (tertiary/aromatic N) is 2. The van der Waals surface area contributed by atoms with E-state index in [0.717, 1.165) is 18.8 Å². The summed E-state index contributed by atoms with van der Waals surface area (Å²) in [6.45, 7) is 5.35. The van der Waals surface area contributed by atoms with E-state index in [4.69, 9.17) is 5.11 Å². The topological polar surface area (TPSA) is 121 Å². The monoisotopic (exact) mass is 294 g/mol. The van der Waals surface area contributed by atoms with Gasteiger partial charge in [0.2, 0.25) is 5.91 Å². The van der Waals surface area contributed by atoms with Gasteiger partial charge in [0.05, 0.1) is 12.4 Å². The van der Waals surface area contributed by atoms with Crippen molar-refractivity contribution in [3.63, 3.8) is 0 Å². The van der Waals surface area contributed by atoms with Gasteiger partial charge in [-0.25, -0.2) is 14.8 Å². The SMILES string of the molecule is CCC(C)NC(=O)C(C)NC(=O)c1cnc(C(=O)O)cn1. The van der Waals surface area contributed by atoms with Gasteiger partial charge in [-0.2, -0.15) is 0 Å². The maximum atomic E-state index is 11.9. The Morgan fingerprint density at radius 3 is 2.19 bits per heavy atom. The minimum Gasteiger partial charge on any atom is -0.476 e. The largest absolute Gasteiger partial charge is 0.476 e. The fourth-order valence-electron chi connectivity index (χ4n) is 1.36. The standard InChI is InChI=1S/C13H18N4O4/c1-4-7(2)16-11(18)8(3)17-12(19)9-5-15-10(6-14-9)13(20)21/h5-8H,4H2,1-3H3,(H,16,18)(H,17,19)(H,20,21). The number of carbonyl (C=O) groups excluding carboxylic acids is 2. The van der Waals surface area contributed by atoms with Crippen LogP contribution in [0.1, 0.15) is 48.2 Å². The lowest BCUT2D eigenvalue weighted by molar-refractivity contribution is -0.123. The molecular weight excluding hydrogens is 276 g/mol. The van der Waals surface area contributed by atoms with E-state index in [2.05, 4.69) is 20.6 Å². The smallest absolute Gasteiger partial charge is 0.356 e. The zero-order valence-corrected chi connectivity index (χ0v) is 12.1. The van der Waals surface area contributed by atoms with Crippen molar-refractivity contribution in [1.82, 2.24) is 20.6 Å². The van der Waals surface area contributed by atoms with E-state index in [1.54, 1.807) is 6.92 Å². The normalized spacial score (nSPS) is 13.1. The summed E-state index contributed by atoms with van der Waals surface area (Å²) in [5, 5.41) is 13.9. The lowest BCUT2D eigenvalue weighted by Gasteiger charge is -2.17. The van der Waals surface area contributed by atoms with Crippen LogP contribution in [0.15, 0.2) is 12.4 Å². The van der Waals surface area contributed by atoms with Crippen molar-refractivity contribution in [3.05, 3.63) is 23.8 Å². The van der Waals surface area contributed by atoms with Gasteiger partial charge in [-0.05, 0) is 20.3 Å². The number of carbonyl (C=O) groups is 3. The average Bonchev–Trinajstić information content (AvgIpc) is 2.46. The van der Waals surface area contributed by atoms with Crippen LogP contribution in [-0.4, -0.2) is 44.9 Å². The Morgan fingerprint density at radius 2 is 1.71 bits per heavy atom. The molecule has 1 aromatic rings. The fourth-order valence-corrected chi connectivity index (χ4v) is 1.36. The van der Waals surface area contributed by atoms with E-state index in [1.807, 2.05) is 13.8 Å². The molecule has 1 aromatic heterocycles. The van der Waals surface area contributed by atoms with Gasteiger partial charge in [0.15, 0.2) is 5.69 Å². The second kappa shape index (κ2) is 7.32. The minimum atomic E-state index is -1.23. The highest BCUT2D eigenvalue weighted by Crippen LogP contribution is 1.97. The highest BCUT2D eigenvalue weighted by Gasteiger charge is 2.19. The number of hydrogen-bond acceptors (Lipinski definition) is 5. The molecule has 0 fully saturated rings. The molecule has 0 aliphatic carbocycles. The van der Waals surface area contributed by atoms with Crippen molar-refractivity contribution in [2.24, 2.45) is 0 Å². The first kappa shape index (κ1) is 16.5. The summed E-state index contributed by atoms with van der Waals surface area (Å²) in [5.41, 5.74) is -0.308. The van der Waals surface area contributed by atoms with Crippen molar-refractivity contribution >= 4 is 17.8 Å². The van der Waals surface area contributed by atoms with E-state index in [0.29, 0.717) is 0 Å². The summed E-state index contributed by atoms with van der Waals surface area (Å²) in [7, 11) is 0. The molecule has 3 N–H and O–H groups in total. The van der Waals surface area contributed by atoms with Crippen molar-refractivity contribution in [3.8, 4) is 0 Å². The molecule has 0 spiro atoms. The van der Waals surface area contributed by atoms with Crippen LogP contribution in [0.4, 0.5) is 0 Å². The summed E-state index contributed by atoms with van der Waals surface area (Å²) in [5.74, 6) is -2.12. The lowest BCUT2D eigenvalue weighted by atomic mass is 10.2.